The van der Waals surface area contributed by atoms with E-state index in [1.54, 1.807) is 20.3 Å². The van der Waals surface area contributed by atoms with Crippen LogP contribution in [0.25, 0.3) is 0 Å². The molecule has 2 aromatic rings. The predicted molar refractivity (Wildman–Crippen MR) is 126 cm³/mol. The largest absolute Gasteiger partial charge is 0.493 e. The Morgan fingerprint density at radius 3 is 2.38 bits per heavy atom. The molecule has 1 amide bonds. The quantitative estimate of drug-likeness (QED) is 0.473. The van der Waals surface area contributed by atoms with Gasteiger partial charge in [-0.15, -0.1) is 0 Å². The molecule has 2 N–H and O–H groups in total. The number of rotatable bonds is 8. The maximum absolute atomic E-state index is 12.6. The van der Waals surface area contributed by atoms with Gasteiger partial charge in [-0.3, -0.25) is 4.79 Å². The highest BCUT2D eigenvalue weighted by Crippen LogP contribution is 2.30. The first-order valence-corrected chi connectivity index (χ1v) is 10.8. The Balaban J connectivity index is 1.62. The van der Waals surface area contributed by atoms with Crippen LogP contribution in [0.1, 0.15) is 37.8 Å². The van der Waals surface area contributed by atoms with Crippen LogP contribution < -0.4 is 25.0 Å². The third-order valence-corrected chi connectivity index (χ3v) is 5.59. The second kappa shape index (κ2) is 11.1. The number of methoxy groups -OCH3 is 2. The topological polar surface area (TPSA) is 86.6 Å². The van der Waals surface area contributed by atoms with Gasteiger partial charge >= 0.3 is 0 Å². The molecule has 7 heteroatoms. The Hall–Kier alpha value is -3.66. The molecule has 2 aromatic carbocycles. The molecule has 0 radical (unpaired) electrons. The van der Waals surface area contributed by atoms with Crippen molar-refractivity contribution in [3.05, 3.63) is 59.8 Å². The Labute approximate surface area is 189 Å². The van der Waals surface area contributed by atoms with Crippen LogP contribution >= 0.6 is 0 Å². The summed E-state index contributed by atoms with van der Waals surface area (Å²) in [5.74, 6) is 0.743. The lowest BCUT2D eigenvalue weighted by Gasteiger charge is -2.28. The molecule has 0 aromatic heterocycles. The van der Waals surface area contributed by atoms with Crippen LogP contribution in [-0.2, 0) is 4.79 Å². The van der Waals surface area contributed by atoms with E-state index < -0.39 is 5.91 Å². The molecular weight excluding hydrogens is 404 g/mol. The first-order chi connectivity index (χ1) is 15.5. The Kier molecular flexibility index (Phi) is 7.98. The van der Waals surface area contributed by atoms with Gasteiger partial charge in [0.2, 0.25) is 0 Å². The lowest BCUT2D eigenvalue weighted by atomic mass is 10.1. The summed E-state index contributed by atoms with van der Waals surface area (Å²) >= 11 is 0. The zero-order valence-electron chi connectivity index (χ0n) is 18.9. The van der Waals surface area contributed by atoms with Crippen molar-refractivity contribution in [3.63, 3.8) is 0 Å². The van der Waals surface area contributed by atoms with E-state index in [-0.39, 0.29) is 11.6 Å². The van der Waals surface area contributed by atoms with Crippen molar-refractivity contribution in [3.8, 4) is 17.6 Å². The monoisotopic (exact) mass is 434 g/mol. The number of nitriles is 1. The van der Waals surface area contributed by atoms with Gasteiger partial charge < -0.3 is 25.0 Å². The molecule has 0 aliphatic carbocycles. The molecule has 1 atom stereocenters. The summed E-state index contributed by atoms with van der Waals surface area (Å²) in [6.45, 7) is 4.02. The minimum absolute atomic E-state index is 0.00238. The number of ether oxygens (including phenoxy) is 2. The maximum Gasteiger partial charge on any atom is 0.263 e. The average molecular weight is 435 g/mol. The smallest absolute Gasteiger partial charge is 0.263 e. The lowest BCUT2D eigenvalue weighted by molar-refractivity contribution is -0.117. The van der Waals surface area contributed by atoms with Gasteiger partial charge in [0, 0.05) is 30.7 Å². The van der Waals surface area contributed by atoms with Gasteiger partial charge in [0.05, 0.1) is 20.3 Å². The normalized spacial score (nSPS) is 14.8. The van der Waals surface area contributed by atoms with Crippen molar-refractivity contribution >= 4 is 17.3 Å². The van der Waals surface area contributed by atoms with Crippen molar-refractivity contribution in [2.75, 3.05) is 37.5 Å². The molecule has 168 valence electrons. The van der Waals surface area contributed by atoms with Gasteiger partial charge in [-0.05, 0) is 68.1 Å². The summed E-state index contributed by atoms with van der Waals surface area (Å²) in [5.41, 5.74) is 2.85. The molecule has 7 nitrogen and oxygen atoms in total. The minimum Gasteiger partial charge on any atom is -0.493 e. The molecule has 32 heavy (non-hydrogen) atoms. The van der Waals surface area contributed by atoms with Gasteiger partial charge in [0.1, 0.15) is 11.6 Å². The van der Waals surface area contributed by atoms with Crippen molar-refractivity contribution in [1.29, 1.82) is 5.26 Å². The number of nitrogens with zero attached hydrogens (tertiary/aromatic N) is 2. The number of carbonyl (C=O) groups is 1. The van der Waals surface area contributed by atoms with Crippen molar-refractivity contribution in [2.24, 2.45) is 0 Å². The zero-order chi connectivity index (χ0) is 22.9. The maximum atomic E-state index is 12.6. The summed E-state index contributed by atoms with van der Waals surface area (Å²) in [5, 5.41) is 15.4. The molecule has 1 saturated heterocycles. The van der Waals surface area contributed by atoms with E-state index in [1.165, 1.54) is 31.1 Å². The number of amides is 1. The Morgan fingerprint density at radius 1 is 1.06 bits per heavy atom. The standard InChI is InChI=1S/C25H30N4O3/c1-18(19-7-12-23(31-2)24(15-19)32-3)28-25(30)20(16-26)17-27-21-8-10-22(11-9-21)29-13-5-4-6-14-29/h7-12,15,17-18,27H,4-6,13-14H2,1-3H3,(H,28,30)/b20-17-. The summed E-state index contributed by atoms with van der Waals surface area (Å²) in [6, 6.07) is 15.1. The average Bonchev–Trinajstić information content (AvgIpc) is 2.84. The summed E-state index contributed by atoms with van der Waals surface area (Å²) in [6.07, 6.45) is 5.19. The molecule has 0 bridgehead atoms. The third-order valence-electron chi connectivity index (χ3n) is 5.59. The molecule has 3 rings (SSSR count). The van der Waals surface area contributed by atoms with Crippen LogP contribution in [0.2, 0.25) is 0 Å². The number of carbonyl (C=O) groups excluding carboxylic acids is 1. The van der Waals surface area contributed by atoms with E-state index in [9.17, 15) is 10.1 Å². The van der Waals surface area contributed by atoms with Crippen molar-refractivity contribution in [1.82, 2.24) is 5.32 Å². The van der Waals surface area contributed by atoms with E-state index in [4.69, 9.17) is 9.47 Å². The van der Waals surface area contributed by atoms with Crippen molar-refractivity contribution in [2.45, 2.75) is 32.2 Å². The van der Waals surface area contributed by atoms with Gasteiger partial charge in [-0.2, -0.15) is 5.26 Å². The number of hydrogen-bond donors (Lipinski definition) is 2. The molecule has 1 aliphatic rings. The van der Waals surface area contributed by atoms with E-state index >= 15 is 0 Å². The first-order valence-electron chi connectivity index (χ1n) is 10.8. The van der Waals surface area contributed by atoms with Crippen LogP contribution in [0.15, 0.2) is 54.2 Å². The number of hydrogen-bond acceptors (Lipinski definition) is 6. The summed E-state index contributed by atoms with van der Waals surface area (Å²) < 4.78 is 10.6. The van der Waals surface area contributed by atoms with Crippen LogP contribution in [-0.4, -0.2) is 33.2 Å². The number of benzene rings is 2. The fourth-order valence-corrected chi connectivity index (χ4v) is 3.70. The van der Waals surface area contributed by atoms with E-state index in [0.29, 0.717) is 11.5 Å². The SMILES string of the molecule is COc1ccc(C(C)NC(=O)/C(C#N)=C\Nc2ccc(N3CCCCC3)cc2)cc1OC. The highest BCUT2D eigenvalue weighted by atomic mass is 16.5. The Bertz CT molecular complexity index is 989. The van der Waals surface area contributed by atoms with Gasteiger partial charge in [-0.1, -0.05) is 6.07 Å². The highest BCUT2D eigenvalue weighted by molar-refractivity contribution is 5.97. The number of anilines is 2. The van der Waals surface area contributed by atoms with E-state index in [0.717, 1.165) is 24.3 Å². The van der Waals surface area contributed by atoms with Crippen LogP contribution in [0, 0.1) is 11.3 Å². The van der Waals surface area contributed by atoms with Crippen LogP contribution in [0.3, 0.4) is 0 Å². The first kappa shape index (κ1) is 23.0. The lowest BCUT2D eigenvalue weighted by Crippen LogP contribution is -2.29. The van der Waals surface area contributed by atoms with E-state index in [2.05, 4.69) is 27.7 Å². The molecule has 1 aliphatic heterocycles. The third kappa shape index (κ3) is 5.73. The summed E-state index contributed by atoms with van der Waals surface area (Å²) in [7, 11) is 3.13. The van der Waals surface area contributed by atoms with Crippen LogP contribution in [0.5, 0.6) is 11.5 Å². The minimum atomic E-state index is -0.452. The van der Waals surface area contributed by atoms with Crippen molar-refractivity contribution < 1.29 is 14.3 Å². The van der Waals surface area contributed by atoms with Gasteiger partial charge in [0.15, 0.2) is 11.5 Å². The predicted octanol–water partition coefficient (Wildman–Crippen LogP) is 4.39. The number of piperidine rings is 1. The van der Waals surface area contributed by atoms with E-state index in [1.807, 2.05) is 37.3 Å². The molecule has 0 spiro atoms. The second-order valence-corrected chi connectivity index (χ2v) is 7.72. The fraction of sp³-hybridized carbons (Fsp3) is 0.360. The Morgan fingerprint density at radius 2 is 1.75 bits per heavy atom. The molecule has 1 fully saturated rings. The van der Waals surface area contributed by atoms with Gasteiger partial charge in [0.25, 0.3) is 5.91 Å². The zero-order valence-corrected chi connectivity index (χ0v) is 18.9. The number of nitrogens with one attached hydrogen (secondary N) is 2. The van der Waals surface area contributed by atoms with Gasteiger partial charge in [-0.25, -0.2) is 0 Å². The molecule has 1 heterocycles. The second-order valence-electron chi connectivity index (χ2n) is 7.72. The summed E-state index contributed by atoms with van der Waals surface area (Å²) in [4.78, 5) is 15.0. The molecule has 0 saturated carbocycles. The molecule has 1 unspecified atom stereocenters. The molecular formula is C25H30N4O3. The van der Waals surface area contributed by atoms with Crippen LogP contribution in [0.4, 0.5) is 11.4 Å². The highest BCUT2D eigenvalue weighted by Gasteiger charge is 2.16. The fourth-order valence-electron chi connectivity index (χ4n) is 3.70.